The molecule has 1 aliphatic heterocycles. The largest absolute Gasteiger partial charge is 0.362 e. The van der Waals surface area contributed by atoms with E-state index >= 15 is 0 Å². The van der Waals surface area contributed by atoms with Crippen LogP contribution in [0.3, 0.4) is 0 Å². The van der Waals surface area contributed by atoms with Crippen molar-refractivity contribution in [3.05, 3.63) is 54.4 Å². The number of likely N-dealkylation sites (N-methyl/N-ethyl adjacent to an activating group) is 1. The van der Waals surface area contributed by atoms with E-state index in [1.807, 2.05) is 26.4 Å². The second kappa shape index (κ2) is 8.02. The molecule has 2 aromatic rings. The second-order valence-electron chi connectivity index (χ2n) is 8.34. The van der Waals surface area contributed by atoms with Crippen LogP contribution in [0.25, 0.3) is 11.1 Å². The molecule has 2 heterocycles. The molecular weight excluding hydrogens is 350 g/mol. The molecule has 1 saturated heterocycles. The number of ether oxygens (including phenoxy) is 1. The van der Waals surface area contributed by atoms with E-state index in [2.05, 4.69) is 40.2 Å². The number of amides is 1. The van der Waals surface area contributed by atoms with Crippen LogP contribution in [-0.4, -0.2) is 66.6 Å². The molecule has 2 aliphatic rings. The highest BCUT2D eigenvalue weighted by Gasteiger charge is 2.45. The first-order chi connectivity index (χ1) is 13.6. The van der Waals surface area contributed by atoms with Gasteiger partial charge in [-0.2, -0.15) is 0 Å². The van der Waals surface area contributed by atoms with Gasteiger partial charge in [0.25, 0.3) is 5.91 Å². The van der Waals surface area contributed by atoms with Gasteiger partial charge in [-0.05, 0) is 41.5 Å². The zero-order valence-corrected chi connectivity index (χ0v) is 16.8. The number of hydrogen-bond acceptors (Lipinski definition) is 4. The van der Waals surface area contributed by atoms with Crippen molar-refractivity contribution in [2.24, 2.45) is 5.92 Å². The minimum Gasteiger partial charge on any atom is -0.362 e. The molecule has 28 heavy (non-hydrogen) atoms. The first-order valence-electron chi connectivity index (χ1n) is 10.1. The first kappa shape index (κ1) is 19.1. The Morgan fingerprint density at radius 2 is 2.07 bits per heavy atom. The van der Waals surface area contributed by atoms with Crippen LogP contribution < -0.4 is 0 Å². The Kier molecular flexibility index (Phi) is 5.47. The fourth-order valence-electron chi connectivity index (χ4n) is 4.12. The van der Waals surface area contributed by atoms with E-state index < -0.39 is 5.60 Å². The number of benzene rings is 1. The van der Waals surface area contributed by atoms with Crippen molar-refractivity contribution in [2.45, 2.75) is 24.9 Å². The molecule has 1 aromatic heterocycles. The standard InChI is InChI=1S/C23H29N3O2/c1-25(2)22(27)23(17-26(11-12-28-23)16-18-8-9-18)14-19-5-3-6-20(13-19)21-7-4-10-24-15-21/h3-7,10,13,15,18H,8-9,11-12,14,16-17H2,1-2H3/t23-/m1/s1. The summed E-state index contributed by atoms with van der Waals surface area (Å²) in [6.07, 6.45) is 6.87. The normalized spacial score (nSPS) is 22.8. The molecule has 1 amide bonds. The Bertz CT molecular complexity index is 820. The summed E-state index contributed by atoms with van der Waals surface area (Å²) in [7, 11) is 3.64. The lowest BCUT2D eigenvalue weighted by Gasteiger charge is -2.43. The molecular formula is C23H29N3O2. The summed E-state index contributed by atoms with van der Waals surface area (Å²) < 4.78 is 6.23. The molecule has 1 saturated carbocycles. The summed E-state index contributed by atoms with van der Waals surface area (Å²) in [5.74, 6) is 0.860. The topological polar surface area (TPSA) is 45.7 Å². The van der Waals surface area contributed by atoms with E-state index in [1.54, 1.807) is 11.1 Å². The molecule has 4 rings (SSSR count). The van der Waals surface area contributed by atoms with Crippen molar-refractivity contribution in [1.82, 2.24) is 14.8 Å². The Hall–Kier alpha value is -2.24. The molecule has 0 bridgehead atoms. The molecule has 2 fully saturated rings. The van der Waals surface area contributed by atoms with E-state index in [0.717, 1.165) is 35.7 Å². The monoisotopic (exact) mass is 379 g/mol. The molecule has 148 valence electrons. The van der Waals surface area contributed by atoms with Crippen molar-refractivity contribution in [3.63, 3.8) is 0 Å². The van der Waals surface area contributed by atoms with Crippen LogP contribution in [-0.2, 0) is 16.0 Å². The quantitative estimate of drug-likeness (QED) is 0.774. The summed E-state index contributed by atoms with van der Waals surface area (Å²) in [6, 6.07) is 12.4. The average Bonchev–Trinajstić information content (AvgIpc) is 3.52. The summed E-state index contributed by atoms with van der Waals surface area (Å²) in [5.41, 5.74) is 2.50. The van der Waals surface area contributed by atoms with Gasteiger partial charge in [-0.1, -0.05) is 30.3 Å². The number of rotatable bonds is 6. The van der Waals surface area contributed by atoms with Crippen LogP contribution in [0.2, 0.25) is 0 Å². The average molecular weight is 380 g/mol. The van der Waals surface area contributed by atoms with E-state index in [4.69, 9.17) is 4.74 Å². The van der Waals surface area contributed by atoms with Crippen molar-refractivity contribution in [1.29, 1.82) is 0 Å². The number of carbonyl (C=O) groups excluding carboxylic acids is 1. The Morgan fingerprint density at radius 1 is 1.25 bits per heavy atom. The highest BCUT2D eigenvalue weighted by molar-refractivity contribution is 5.86. The van der Waals surface area contributed by atoms with Crippen LogP contribution in [0.4, 0.5) is 0 Å². The molecule has 1 atom stereocenters. The summed E-state index contributed by atoms with van der Waals surface area (Å²) in [6.45, 7) is 3.27. The van der Waals surface area contributed by atoms with Gasteiger partial charge in [0.05, 0.1) is 6.61 Å². The number of aromatic nitrogens is 1. The second-order valence-corrected chi connectivity index (χ2v) is 8.34. The Balaban J connectivity index is 1.60. The van der Waals surface area contributed by atoms with Crippen LogP contribution in [0.1, 0.15) is 18.4 Å². The first-order valence-corrected chi connectivity index (χ1v) is 10.1. The minimum atomic E-state index is -0.815. The zero-order chi connectivity index (χ0) is 19.6. The lowest BCUT2D eigenvalue weighted by molar-refractivity contribution is -0.168. The third-order valence-electron chi connectivity index (χ3n) is 5.69. The van der Waals surface area contributed by atoms with E-state index in [1.165, 1.54) is 12.8 Å². The van der Waals surface area contributed by atoms with Gasteiger partial charge in [0, 0.05) is 52.5 Å². The number of carbonyl (C=O) groups is 1. The highest BCUT2D eigenvalue weighted by atomic mass is 16.5. The minimum absolute atomic E-state index is 0.0553. The Morgan fingerprint density at radius 3 is 2.79 bits per heavy atom. The van der Waals surface area contributed by atoms with Crippen LogP contribution >= 0.6 is 0 Å². The van der Waals surface area contributed by atoms with Gasteiger partial charge in [-0.3, -0.25) is 14.7 Å². The number of morpholine rings is 1. The van der Waals surface area contributed by atoms with Crippen LogP contribution in [0.5, 0.6) is 0 Å². The van der Waals surface area contributed by atoms with Crippen LogP contribution in [0.15, 0.2) is 48.8 Å². The fraction of sp³-hybridized carbons (Fsp3) is 0.478. The Labute approximate surface area is 167 Å². The predicted octanol–water partition coefficient (Wildman–Crippen LogP) is 2.86. The fourth-order valence-corrected chi connectivity index (χ4v) is 4.12. The number of pyridine rings is 1. The van der Waals surface area contributed by atoms with Gasteiger partial charge in [0.1, 0.15) is 0 Å². The molecule has 0 N–H and O–H groups in total. The SMILES string of the molecule is CN(C)C(=O)[C@@]1(Cc2cccc(-c3cccnc3)c2)CN(CC2CC2)CCO1. The van der Waals surface area contributed by atoms with Crippen molar-refractivity contribution in [3.8, 4) is 11.1 Å². The van der Waals surface area contributed by atoms with Crippen LogP contribution in [0, 0.1) is 5.92 Å². The van der Waals surface area contributed by atoms with Crippen molar-refractivity contribution >= 4 is 5.91 Å². The highest BCUT2D eigenvalue weighted by Crippen LogP contribution is 2.33. The zero-order valence-electron chi connectivity index (χ0n) is 16.8. The predicted molar refractivity (Wildman–Crippen MR) is 110 cm³/mol. The molecule has 1 aliphatic carbocycles. The maximum absolute atomic E-state index is 13.2. The van der Waals surface area contributed by atoms with Gasteiger partial charge in [-0.25, -0.2) is 0 Å². The number of hydrogen-bond donors (Lipinski definition) is 0. The summed E-state index contributed by atoms with van der Waals surface area (Å²) >= 11 is 0. The third kappa shape index (κ3) is 4.26. The van der Waals surface area contributed by atoms with Gasteiger partial charge in [0.15, 0.2) is 5.60 Å². The van der Waals surface area contributed by atoms with Crippen molar-refractivity contribution in [2.75, 3.05) is 40.3 Å². The molecule has 5 heteroatoms. The third-order valence-corrected chi connectivity index (χ3v) is 5.69. The maximum atomic E-state index is 13.2. The lowest BCUT2D eigenvalue weighted by atomic mass is 9.89. The van der Waals surface area contributed by atoms with Gasteiger partial charge in [0.2, 0.25) is 0 Å². The molecule has 5 nitrogen and oxygen atoms in total. The van der Waals surface area contributed by atoms with Crippen molar-refractivity contribution < 1.29 is 9.53 Å². The maximum Gasteiger partial charge on any atom is 0.255 e. The van der Waals surface area contributed by atoms with E-state index in [9.17, 15) is 4.79 Å². The van der Waals surface area contributed by atoms with E-state index in [-0.39, 0.29) is 5.91 Å². The van der Waals surface area contributed by atoms with E-state index in [0.29, 0.717) is 19.6 Å². The molecule has 0 radical (unpaired) electrons. The van der Waals surface area contributed by atoms with Gasteiger partial charge in [-0.15, -0.1) is 0 Å². The van der Waals surface area contributed by atoms with Gasteiger partial charge < -0.3 is 9.64 Å². The molecule has 1 aromatic carbocycles. The van der Waals surface area contributed by atoms with Gasteiger partial charge >= 0.3 is 0 Å². The summed E-state index contributed by atoms with van der Waals surface area (Å²) in [4.78, 5) is 21.5. The molecule has 0 unspecified atom stereocenters. The lowest BCUT2D eigenvalue weighted by Crippen LogP contribution is -2.61. The molecule has 0 spiro atoms. The smallest absolute Gasteiger partial charge is 0.255 e. The summed E-state index contributed by atoms with van der Waals surface area (Å²) in [5, 5.41) is 0. The number of nitrogens with zero attached hydrogens (tertiary/aromatic N) is 3.